The summed E-state index contributed by atoms with van der Waals surface area (Å²) in [5.74, 6) is 5.88. The SMILES string of the molecule is CN(Cc1ccoc1C(=O)NN)Cc1nccn1C. The molecule has 0 unspecified atom stereocenters. The molecule has 0 aromatic carbocycles. The molecule has 1 amide bonds. The van der Waals surface area contributed by atoms with Crippen molar-refractivity contribution in [3.05, 3.63) is 41.9 Å². The molecule has 2 aromatic heterocycles. The summed E-state index contributed by atoms with van der Waals surface area (Å²) in [6, 6.07) is 1.76. The second-order valence-electron chi connectivity index (χ2n) is 4.38. The van der Waals surface area contributed by atoms with Gasteiger partial charge in [0.05, 0.1) is 12.8 Å². The van der Waals surface area contributed by atoms with Crippen molar-refractivity contribution in [3.8, 4) is 0 Å². The maximum absolute atomic E-state index is 11.5. The largest absolute Gasteiger partial charge is 0.459 e. The highest BCUT2D eigenvalue weighted by molar-refractivity contribution is 5.92. The monoisotopic (exact) mass is 263 g/mol. The Hall–Kier alpha value is -2.12. The van der Waals surface area contributed by atoms with E-state index in [4.69, 9.17) is 10.3 Å². The quantitative estimate of drug-likeness (QED) is 0.458. The fraction of sp³-hybridized carbons (Fsp3) is 0.333. The maximum Gasteiger partial charge on any atom is 0.301 e. The van der Waals surface area contributed by atoms with Gasteiger partial charge in [-0.1, -0.05) is 0 Å². The van der Waals surface area contributed by atoms with E-state index >= 15 is 0 Å². The highest BCUT2D eigenvalue weighted by Crippen LogP contribution is 2.13. The number of aromatic nitrogens is 2. The first kappa shape index (κ1) is 13.3. The van der Waals surface area contributed by atoms with Gasteiger partial charge in [0.1, 0.15) is 5.82 Å². The fourth-order valence-corrected chi connectivity index (χ4v) is 1.86. The van der Waals surface area contributed by atoms with Gasteiger partial charge in [-0.15, -0.1) is 0 Å². The molecule has 0 atom stereocenters. The van der Waals surface area contributed by atoms with E-state index in [1.165, 1.54) is 6.26 Å². The summed E-state index contributed by atoms with van der Waals surface area (Å²) in [6.45, 7) is 1.25. The molecule has 3 N–H and O–H groups in total. The molecule has 0 spiro atoms. The normalized spacial score (nSPS) is 10.9. The van der Waals surface area contributed by atoms with Gasteiger partial charge < -0.3 is 8.98 Å². The predicted molar refractivity (Wildman–Crippen MR) is 68.7 cm³/mol. The highest BCUT2D eigenvalue weighted by Gasteiger charge is 2.16. The zero-order valence-electron chi connectivity index (χ0n) is 11.0. The van der Waals surface area contributed by atoms with Crippen LogP contribution in [0.3, 0.4) is 0 Å². The van der Waals surface area contributed by atoms with Crippen molar-refractivity contribution in [3.63, 3.8) is 0 Å². The summed E-state index contributed by atoms with van der Waals surface area (Å²) in [4.78, 5) is 17.8. The lowest BCUT2D eigenvalue weighted by Crippen LogP contribution is -2.31. The molecule has 2 heterocycles. The molecule has 0 radical (unpaired) electrons. The number of imidazole rings is 1. The van der Waals surface area contributed by atoms with Crippen LogP contribution in [0.1, 0.15) is 21.9 Å². The summed E-state index contributed by atoms with van der Waals surface area (Å²) < 4.78 is 7.10. The van der Waals surface area contributed by atoms with Crippen LogP contribution in [0.4, 0.5) is 0 Å². The summed E-state index contributed by atoms with van der Waals surface area (Å²) in [7, 11) is 3.90. The number of amides is 1. The van der Waals surface area contributed by atoms with Gasteiger partial charge in [0.15, 0.2) is 5.76 Å². The van der Waals surface area contributed by atoms with Gasteiger partial charge in [-0.3, -0.25) is 15.1 Å². The van der Waals surface area contributed by atoms with Crippen LogP contribution >= 0.6 is 0 Å². The molecule has 0 fully saturated rings. The first-order valence-electron chi connectivity index (χ1n) is 5.84. The third kappa shape index (κ3) is 3.01. The van der Waals surface area contributed by atoms with Crippen LogP contribution in [0.15, 0.2) is 29.1 Å². The topological polar surface area (TPSA) is 89.3 Å². The van der Waals surface area contributed by atoms with E-state index in [0.717, 1.165) is 11.4 Å². The van der Waals surface area contributed by atoms with Crippen molar-refractivity contribution in [2.24, 2.45) is 12.9 Å². The van der Waals surface area contributed by atoms with Crippen LogP contribution in [0, 0.1) is 0 Å². The molecule has 7 heteroatoms. The van der Waals surface area contributed by atoms with Crippen molar-refractivity contribution >= 4 is 5.91 Å². The molecular formula is C12H17N5O2. The lowest BCUT2D eigenvalue weighted by Gasteiger charge is -2.15. The van der Waals surface area contributed by atoms with Gasteiger partial charge in [-0.25, -0.2) is 10.8 Å². The Morgan fingerprint density at radius 1 is 1.58 bits per heavy atom. The van der Waals surface area contributed by atoms with Crippen LogP contribution in [-0.2, 0) is 20.1 Å². The molecule has 2 rings (SSSR count). The molecule has 0 saturated heterocycles. The van der Waals surface area contributed by atoms with E-state index in [9.17, 15) is 4.79 Å². The zero-order valence-corrected chi connectivity index (χ0v) is 11.0. The molecule has 19 heavy (non-hydrogen) atoms. The first-order valence-corrected chi connectivity index (χ1v) is 5.84. The van der Waals surface area contributed by atoms with E-state index in [0.29, 0.717) is 13.1 Å². The van der Waals surface area contributed by atoms with Crippen molar-refractivity contribution < 1.29 is 9.21 Å². The van der Waals surface area contributed by atoms with E-state index in [1.807, 2.05) is 29.8 Å². The fourth-order valence-electron chi connectivity index (χ4n) is 1.86. The van der Waals surface area contributed by atoms with Crippen LogP contribution in [0.25, 0.3) is 0 Å². The van der Waals surface area contributed by atoms with Crippen LogP contribution in [0.2, 0.25) is 0 Å². The van der Waals surface area contributed by atoms with Gasteiger partial charge >= 0.3 is 5.91 Å². The lowest BCUT2D eigenvalue weighted by atomic mass is 10.2. The number of hydrazine groups is 1. The summed E-state index contributed by atoms with van der Waals surface area (Å²) in [5.41, 5.74) is 2.86. The number of aryl methyl sites for hydroxylation is 1. The second-order valence-corrected chi connectivity index (χ2v) is 4.38. The maximum atomic E-state index is 11.5. The van der Waals surface area contributed by atoms with Gasteiger partial charge in [0.25, 0.3) is 0 Å². The number of carbonyl (C=O) groups excluding carboxylic acids is 1. The first-order chi connectivity index (χ1) is 9.11. The Bertz CT molecular complexity index is 560. The average Bonchev–Trinajstić information content (AvgIpc) is 2.99. The minimum absolute atomic E-state index is 0.245. The molecule has 7 nitrogen and oxygen atoms in total. The third-order valence-corrected chi connectivity index (χ3v) is 2.86. The number of hydrogen-bond acceptors (Lipinski definition) is 5. The van der Waals surface area contributed by atoms with E-state index in [1.54, 1.807) is 12.3 Å². The number of rotatable bonds is 5. The van der Waals surface area contributed by atoms with Gasteiger partial charge in [-0.05, 0) is 13.1 Å². The molecule has 0 saturated carbocycles. The molecule has 102 valence electrons. The number of carbonyl (C=O) groups is 1. The number of nitrogens with two attached hydrogens (primary N) is 1. The third-order valence-electron chi connectivity index (χ3n) is 2.86. The van der Waals surface area contributed by atoms with E-state index < -0.39 is 5.91 Å². The Balaban J connectivity index is 2.03. The van der Waals surface area contributed by atoms with Crippen molar-refractivity contribution in [2.75, 3.05) is 7.05 Å². The highest BCUT2D eigenvalue weighted by atomic mass is 16.3. The summed E-state index contributed by atoms with van der Waals surface area (Å²) in [6.07, 6.45) is 5.14. The van der Waals surface area contributed by atoms with Crippen molar-refractivity contribution in [2.45, 2.75) is 13.1 Å². The minimum Gasteiger partial charge on any atom is -0.459 e. The zero-order chi connectivity index (χ0) is 13.8. The van der Waals surface area contributed by atoms with Crippen molar-refractivity contribution in [1.29, 1.82) is 0 Å². The number of nitrogens with zero attached hydrogens (tertiary/aromatic N) is 3. The number of furan rings is 1. The molecule has 0 aliphatic rings. The molecule has 0 aliphatic carbocycles. The van der Waals surface area contributed by atoms with Crippen LogP contribution in [0.5, 0.6) is 0 Å². The van der Waals surface area contributed by atoms with Gasteiger partial charge in [-0.2, -0.15) is 0 Å². The second kappa shape index (κ2) is 5.68. The predicted octanol–water partition coefficient (Wildman–Crippen LogP) is 0.249. The summed E-state index contributed by atoms with van der Waals surface area (Å²) in [5, 5.41) is 0. The van der Waals surface area contributed by atoms with Gasteiger partial charge in [0.2, 0.25) is 0 Å². The standard InChI is InChI=1S/C12H17N5O2/c1-16(8-10-14-4-5-17(10)2)7-9-3-6-19-11(9)12(18)15-13/h3-6H,7-8,13H2,1-2H3,(H,15,18). The Labute approximate surface area is 111 Å². The smallest absolute Gasteiger partial charge is 0.301 e. The molecule has 0 bridgehead atoms. The Kier molecular flexibility index (Phi) is 3.98. The average molecular weight is 263 g/mol. The molecular weight excluding hydrogens is 246 g/mol. The molecule has 0 aliphatic heterocycles. The van der Waals surface area contributed by atoms with Crippen molar-refractivity contribution in [1.82, 2.24) is 19.9 Å². The molecule has 2 aromatic rings. The Morgan fingerprint density at radius 3 is 3.00 bits per heavy atom. The van der Waals surface area contributed by atoms with Crippen LogP contribution in [-0.4, -0.2) is 27.4 Å². The van der Waals surface area contributed by atoms with E-state index in [2.05, 4.69) is 10.4 Å². The Morgan fingerprint density at radius 2 is 2.37 bits per heavy atom. The number of nitrogen functional groups attached to an aromatic ring is 1. The lowest BCUT2D eigenvalue weighted by molar-refractivity contribution is 0.0923. The summed E-state index contributed by atoms with van der Waals surface area (Å²) >= 11 is 0. The number of hydrogen-bond donors (Lipinski definition) is 2. The van der Waals surface area contributed by atoms with Gasteiger partial charge in [0, 0.05) is 31.5 Å². The van der Waals surface area contributed by atoms with Crippen LogP contribution < -0.4 is 11.3 Å². The van der Waals surface area contributed by atoms with E-state index in [-0.39, 0.29) is 5.76 Å². The minimum atomic E-state index is -0.426. The number of nitrogens with one attached hydrogen (secondary N) is 1.